The van der Waals surface area contributed by atoms with Gasteiger partial charge in [-0.15, -0.1) is 0 Å². The van der Waals surface area contributed by atoms with E-state index in [2.05, 4.69) is 37.6 Å². The van der Waals surface area contributed by atoms with Gasteiger partial charge in [-0.25, -0.2) is 4.98 Å². The fourth-order valence-electron chi connectivity index (χ4n) is 2.65. The fraction of sp³-hybridized carbons (Fsp3) is 0.786. The van der Waals surface area contributed by atoms with Crippen LogP contribution in [0.15, 0.2) is 0 Å². The molecule has 0 bridgehead atoms. The Labute approximate surface area is 110 Å². The van der Waals surface area contributed by atoms with Crippen molar-refractivity contribution in [3.05, 3.63) is 17.2 Å². The normalized spacial score (nSPS) is 17.6. The summed E-state index contributed by atoms with van der Waals surface area (Å²) in [7, 11) is 1.76. The van der Waals surface area contributed by atoms with Gasteiger partial charge in [-0.2, -0.15) is 0 Å². The highest BCUT2D eigenvalue weighted by atomic mass is 16.5. The number of nitrogens with one attached hydrogen (secondary N) is 1. The quantitative estimate of drug-likeness (QED) is 0.893. The first-order chi connectivity index (χ1) is 8.45. The van der Waals surface area contributed by atoms with E-state index < -0.39 is 0 Å². The van der Waals surface area contributed by atoms with Crippen LogP contribution in [-0.4, -0.2) is 29.8 Å². The molecular weight excluding hydrogens is 226 g/mol. The molecule has 2 rings (SSSR count). The maximum absolute atomic E-state index is 5.32. The van der Waals surface area contributed by atoms with Crippen molar-refractivity contribution in [1.29, 1.82) is 0 Å². The third-order valence-electron chi connectivity index (χ3n) is 3.44. The molecule has 1 unspecified atom stereocenters. The Bertz CT molecular complexity index is 417. The Morgan fingerprint density at radius 3 is 2.78 bits per heavy atom. The number of hydrogen-bond donors (Lipinski definition) is 1. The average molecular weight is 251 g/mol. The minimum atomic E-state index is 0.0688. The Morgan fingerprint density at radius 2 is 2.17 bits per heavy atom. The zero-order chi connectivity index (χ0) is 13.3. The van der Waals surface area contributed by atoms with E-state index in [-0.39, 0.29) is 5.41 Å². The molecule has 4 nitrogen and oxygen atoms in total. The van der Waals surface area contributed by atoms with E-state index in [0.717, 1.165) is 26.1 Å². The molecule has 4 heteroatoms. The van der Waals surface area contributed by atoms with Crippen molar-refractivity contribution in [3.8, 4) is 0 Å². The van der Waals surface area contributed by atoms with Crippen LogP contribution in [0.3, 0.4) is 0 Å². The zero-order valence-electron chi connectivity index (χ0n) is 12.2. The predicted molar refractivity (Wildman–Crippen MR) is 72.9 cm³/mol. The highest BCUT2D eigenvalue weighted by Crippen LogP contribution is 2.29. The smallest absolute Gasteiger partial charge is 0.115 e. The first-order valence-electron chi connectivity index (χ1n) is 6.75. The maximum atomic E-state index is 5.32. The molecule has 0 amide bonds. The molecule has 2 heterocycles. The highest BCUT2D eigenvalue weighted by Gasteiger charge is 2.28. The molecule has 102 valence electrons. The van der Waals surface area contributed by atoms with Gasteiger partial charge in [0.15, 0.2) is 0 Å². The van der Waals surface area contributed by atoms with E-state index in [4.69, 9.17) is 9.72 Å². The zero-order valence-corrected chi connectivity index (χ0v) is 12.2. The number of ether oxygens (including phenoxy) is 1. The van der Waals surface area contributed by atoms with Gasteiger partial charge in [-0.3, -0.25) is 0 Å². The monoisotopic (exact) mass is 251 g/mol. The maximum Gasteiger partial charge on any atom is 0.115 e. The second-order valence-corrected chi connectivity index (χ2v) is 6.18. The number of nitrogens with zero attached hydrogens (tertiary/aromatic N) is 2. The number of imidazole rings is 1. The lowest BCUT2D eigenvalue weighted by atomic mass is 9.95. The van der Waals surface area contributed by atoms with Gasteiger partial charge in [0.1, 0.15) is 5.82 Å². The molecule has 0 aliphatic carbocycles. The first-order valence-corrected chi connectivity index (χ1v) is 6.75. The van der Waals surface area contributed by atoms with E-state index in [0.29, 0.717) is 6.04 Å². The van der Waals surface area contributed by atoms with E-state index in [1.165, 1.54) is 17.2 Å². The molecule has 1 aliphatic rings. The van der Waals surface area contributed by atoms with Crippen LogP contribution in [0.5, 0.6) is 0 Å². The Morgan fingerprint density at radius 1 is 1.44 bits per heavy atom. The van der Waals surface area contributed by atoms with Crippen molar-refractivity contribution < 1.29 is 4.74 Å². The molecule has 0 spiro atoms. The number of hydrogen-bond acceptors (Lipinski definition) is 3. The van der Waals surface area contributed by atoms with Crippen molar-refractivity contribution in [2.24, 2.45) is 0 Å². The van der Waals surface area contributed by atoms with E-state index in [9.17, 15) is 0 Å². The lowest BCUT2D eigenvalue weighted by Crippen LogP contribution is -2.28. The summed E-state index contributed by atoms with van der Waals surface area (Å²) in [4.78, 5) is 4.87. The second kappa shape index (κ2) is 5.02. The van der Waals surface area contributed by atoms with Gasteiger partial charge in [0.25, 0.3) is 0 Å². The second-order valence-electron chi connectivity index (χ2n) is 6.18. The molecule has 0 fully saturated rings. The van der Waals surface area contributed by atoms with Gasteiger partial charge in [0.05, 0.1) is 18.3 Å². The van der Waals surface area contributed by atoms with Crippen LogP contribution in [0.25, 0.3) is 0 Å². The van der Waals surface area contributed by atoms with E-state index in [1.807, 2.05) is 0 Å². The molecule has 0 aromatic carbocycles. The molecule has 0 radical (unpaired) electrons. The summed E-state index contributed by atoms with van der Waals surface area (Å²) in [5.74, 6) is 1.18. The molecular formula is C14H25N3O. The Hall–Kier alpha value is -0.870. The van der Waals surface area contributed by atoms with Crippen molar-refractivity contribution in [1.82, 2.24) is 14.9 Å². The lowest BCUT2D eigenvalue weighted by molar-refractivity contribution is 0.158. The summed E-state index contributed by atoms with van der Waals surface area (Å²) >= 11 is 0. The molecule has 1 atom stereocenters. The number of methoxy groups -OCH3 is 1. The van der Waals surface area contributed by atoms with Crippen molar-refractivity contribution in [2.75, 3.05) is 20.3 Å². The number of fused-ring (bicyclic) bond motifs is 1. The van der Waals surface area contributed by atoms with Crippen LogP contribution < -0.4 is 5.32 Å². The summed E-state index contributed by atoms with van der Waals surface area (Å²) in [5, 5.41) is 3.40. The van der Waals surface area contributed by atoms with Gasteiger partial charge >= 0.3 is 0 Å². The molecule has 1 N–H and O–H groups in total. The minimum Gasteiger partial charge on any atom is -0.383 e. The first kappa shape index (κ1) is 13.6. The third kappa shape index (κ3) is 2.45. The molecule has 1 aromatic heterocycles. The Kier molecular flexibility index (Phi) is 3.78. The van der Waals surface area contributed by atoms with Crippen molar-refractivity contribution in [3.63, 3.8) is 0 Å². The highest BCUT2D eigenvalue weighted by molar-refractivity contribution is 5.24. The van der Waals surface area contributed by atoms with E-state index >= 15 is 0 Å². The summed E-state index contributed by atoms with van der Waals surface area (Å²) in [6, 6.07) is 0.346. The molecule has 1 aliphatic heterocycles. The summed E-state index contributed by atoms with van der Waals surface area (Å²) in [6.07, 6.45) is 1.06. The van der Waals surface area contributed by atoms with Gasteiger partial charge in [-0.1, -0.05) is 20.8 Å². The van der Waals surface area contributed by atoms with Gasteiger partial charge in [-0.05, 0) is 6.92 Å². The van der Waals surface area contributed by atoms with Crippen molar-refractivity contribution in [2.45, 2.75) is 52.1 Å². The molecule has 0 saturated carbocycles. The number of rotatable bonds is 3. The van der Waals surface area contributed by atoms with Crippen LogP contribution in [0.4, 0.5) is 0 Å². The molecule has 0 saturated heterocycles. The SMILES string of the molecule is COCC(C)n1c(C(C)(C)C)nc2c1CCNC2. The molecule has 18 heavy (non-hydrogen) atoms. The average Bonchev–Trinajstić information content (AvgIpc) is 2.68. The number of aromatic nitrogens is 2. The van der Waals surface area contributed by atoms with Crippen LogP contribution in [0.2, 0.25) is 0 Å². The van der Waals surface area contributed by atoms with Crippen LogP contribution in [0.1, 0.15) is 50.9 Å². The van der Waals surface area contributed by atoms with Gasteiger partial charge in [0, 0.05) is 37.7 Å². The van der Waals surface area contributed by atoms with Crippen LogP contribution in [-0.2, 0) is 23.1 Å². The standard InChI is InChI=1S/C14H25N3O/c1-10(9-18-5)17-12-6-7-15-8-11(12)16-13(17)14(2,3)4/h10,15H,6-9H2,1-5H3. The van der Waals surface area contributed by atoms with Crippen molar-refractivity contribution >= 4 is 0 Å². The fourth-order valence-corrected chi connectivity index (χ4v) is 2.65. The van der Waals surface area contributed by atoms with Gasteiger partial charge in [0.2, 0.25) is 0 Å². The van der Waals surface area contributed by atoms with Crippen LogP contribution >= 0.6 is 0 Å². The molecule has 1 aromatic rings. The predicted octanol–water partition coefficient (Wildman–Crippen LogP) is 2.03. The summed E-state index contributed by atoms with van der Waals surface area (Å²) in [5.41, 5.74) is 2.68. The van der Waals surface area contributed by atoms with E-state index in [1.54, 1.807) is 7.11 Å². The van der Waals surface area contributed by atoms with Crippen LogP contribution in [0, 0.1) is 0 Å². The lowest BCUT2D eigenvalue weighted by Gasteiger charge is -2.26. The van der Waals surface area contributed by atoms with Gasteiger partial charge < -0.3 is 14.6 Å². The topological polar surface area (TPSA) is 39.1 Å². The third-order valence-corrected chi connectivity index (χ3v) is 3.44. The summed E-state index contributed by atoms with van der Waals surface area (Å²) in [6.45, 7) is 11.6. The largest absolute Gasteiger partial charge is 0.383 e. The minimum absolute atomic E-state index is 0.0688. The Balaban J connectivity index is 2.48. The summed E-state index contributed by atoms with van der Waals surface area (Å²) < 4.78 is 7.72.